The summed E-state index contributed by atoms with van der Waals surface area (Å²) in [6.45, 7) is 5.59. The van der Waals surface area contributed by atoms with E-state index in [9.17, 15) is 23.1 Å². The Balaban J connectivity index is 1.69. The molecule has 3 N–H and O–H groups in total. The average molecular weight is 623 g/mol. The van der Waals surface area contributed by atoms with Gasteiger partial charge in [-0.15, -0.1) is 17.2 Å². The lowest BCUT2D eigenvalue weighted by Crippen LogP contribution is -2.54. The molecule has 3 saturated carbocycles. The molecule has 3 rings (SSSR count). The van der Waals surface area contributed by atoms with Gasteiger partial charge in [-0.05, 0) is 57.3 Å². The molecule has 10 heteroatoms. The van der Waals surface area contributed by atoms with Gasteiger partial charge in [0.05, 0.1) is 17.4 Å². The lowest BCUT2D eigenvalue weighted by molar-refractivity contribution is -0.139. The van der Waals surface area contributed by atoms with Crippen LogP contribution in [-0.4, -0.2) is 79.3 Å². The van der Waals surface area contributed by atoms with Crippen molar-refractivity contribution in [3.8, 4) is 12.3 Å². The highest BCUT2D eigenvalue weighted by atomic mass is 32.2. The molecule has 0 radical (unpaired) electrons. The van der Waals surface area contributed by atoms with Gasteiger partial charge in [0.2, 0.25) is 21.8 Å². The molecule has 3 aliphatic rings. The van der Waals surface area contributed by atoms with Gasteiger partial charge in [-0.2, -0.15) is 0 Å². The molecule has 246 valence electrons. The van der Waals surface area contributed by atoms with Crippen LogP contribution in [0.2, 0.25) is 0 Å². The summed E-state index contributed by atoms with van der Waals surface area (Å²) < 4.78 is 25.9. The maximum atomic E-state index is 13.8. The third-order valence-electron chi connectivity index (χ3n) is 9.80. The van der Waals surface area contributed by atoms with Crippen LogP contribution in [0, 0.1) is 36.0 Å². The van der Waals surface area contributed by atoms with Gasteiger partial charge < -0.3 is 15.3 Å². The first kappa shape index (κ1) is 35.8. The van der Waals surface area contributed by atoms with Gasteiger partial charge in [-0.25, -0.2) is 13.4 Å². The number of carbonyl (C=O) groups excluding carboxylic acids is 2. The van der Waals surface area contributed by atoms with Crippen molar-refractivity contribution in [1.29, 1.82) is 0 Å². The highest BCUT2D eigenvalue weighted by Crippen LogP contribution is 2.35. The zero-order valence-corrected chi connectivity index (χ0v) is 27.8. The van der Waals surface area contributed by atoms with E-state index < -0.39 is 33.3 Å². The molecule has 9 nitrogen and oxygen atoms in total. The van der Waals surface area contributed by atoms with E-state index in [4.69, 9.17) is 6.42 Å². The van der Waals surface area contributed by atoms with Gasteiger partial charge in [0, 0.05) is 44.4 Å². The smallest absolute Gasteiger partial charge is 0.227 e. The number of aliphatic hydroxyl groups is 1. The van der Waals surface area contributed by atoms with E-state index in [1.165, 1.54) is 11.4 Å². The largest absolute Gasteiger partial charge is 0.390 e. The Hall–Kier alpha value is -1.67. The number of nitrogens with zero attached hydrogens (tertiary/aromatic N) is 2. The van der Waals surface area contributed by atoms with Gasteiger partial charge in [0.15, 0.2) is 0 Å². The monoisotopic (exact) mass is 622 g/mol. The SMILES string of the molecule is C#CC1CC(C(=O)NC(CC2CCCCC2)C(O)CN(C)NS(=O)(=O)C2CCCCC2)CC(C(=O)N(CCC)CCC)C1. The van der Waals surface area contributed by atoms with Crippen LogP contribution in [0.4, 0.5) is 0 Å². The molecule has 0 bridgehead atoms. The second kappa shape index (κ2) is 17.7. The van der Waals surface area contributed by atoms with Gasteiger partial charge in [-0.3, -0.25) is 9.59 Å². The van der Waals surface area contributed by atoms with Crippen molar-refractivity contribution in [2.24, 2.45) is 23.7 Å². The molecule has 43 heavy (non-hydrogen) atoms. The first-order valence-electron chi connectivity index (χ1n) is 17.0. The lowest BCUT2D eigenvalue weighted by Gasteiger charge is -2.36. The molecule has 0 saturated heterocycles. The van der Waals surface area contributed by atoms with E-state index in [1.54, 1.807) is 7.05 Å². The maximum Gasteiger partial charge on any atom is 0.227 e. The fourth-order valence-electron chi connectivity index (χ4n) is 7.51. The number of hydrogen-bond acceptors (Lipinski definition) is 6. The molecule has 0 heterocycles. The molecule has 2 amide bonds. The number of hydrogen-bond donors (Lipinski definition) is 3. The van der Waals surface area contributed by atoms with Crippen molar-refractivity contribution < 1.29 is 23.1 Å². The molecule has 0 spiro atoms. The van der Waals surface area contributed by atoms with E-state index in [1.807, 2.05) is 4.90 Å². The summed E-state index contributed by atoms with van der Waals surface area (Å²) in [6, 6.07) is -0.519. The van der Waals surface area contributed by atoms with E-state index in [2.05, 4.69) is 29.9 Å². The topological polar surface area (TPSA) is 119 Å². The second-order valence-corrected chi connectivity index (χ2v) is 15.4. The lowest BCUT2D eigenvalue weighted by atomic mass is 9.74. The molecule has 3 fully saturated rings. The minimum atomic E-state index is -3.54. The quantitative estimate of drug-likeness (QED) is 0.186. The predicted octanol–water partition coefficient (Wildman–Crippen LogP) is 4.22. The number of terminal acetylenes is 1. The highest BCUT2D eigenvalue weighted by Gasteiger charge is 2.39. The average Bonchev–Trinajstić information content (AvgIpc) is 3.00. The number of hydrazine groups is 1. The van der Waals surface area contributed by atoms with Crippen molar-refractivity contribution in [2.75, 3.05) is 26.7 Å². The van der Waals surface area contributed by atoms with Gasteiger partial charge in [0.25, 0.3) is 0 Å². The van der Waals surface area contributed by atoms with Crippen LogP contribution in [0.15, 0.2) is 0 Å². The fourth-order valence-corrected chi connectivity index (χ4v) is 9.12. The number of amides is 2. The predicted molar refractivity (Wildman–Crippen MR) is 171 cm³/mol. The van der Waals surface area contributed by atoms with Crippen molar-refractivity contribution in [1.82, 2.24) is 20.1 Å². The van der Waals surface area contributed by atoms with E-state index >= 15 is 0 Å². The third-order valence-corrected chi connectivity index (χ3v) is 11.7. The van der Waals surface area contributed by atoms with Crippen LogP contribution >= 0.6 is 0 Å². The summed E-state index contributed by atoms with van der Waals surface area (Å²) >= 11 is 0. The van der Waals surface area contributed by atoms with Gasteiger partial charge >= 0.3 is 0 Å². The number of sulfonamides is 1. The number of likely N-dealkylation sites (N-methyl/N-ethyl adjacent to an activating group) is 1. The molecule has 0 aromatic heterocycles. The number of carbonyl (C=O) groups is 2. The summed E-state index contributed by atoms with van der Waals surface area (Å²) in [6.07, 6.45) is 18.7. The third kappa shape index (κ3) is 11.0. The molecule has 0 aromatic rings. The Morgan fingerprint density at radius 1 is 0.930 bits per heavy atom. The minimum absolute atomic E-state index is 0.0609. The Kier molecular flexibility index (Phi) is 14.8. The molecular weight excluding hydrogens is 564 g/mol. The van der Waals surface area contributed by atoms with Gasteiger partial charge in [-0.1, -0.05) is 65.2 Å². The van der Waals surface area contributed by atoms with Crippen molar-refractivity contribution in [3.05, 3.63) is 0 Å². The van der Waals surface area contributed by atoms with Crippen LogP contribution in [0.25, 0.3) is 0 Å². The zero-order chi connectivity index (χ0) is 31.4. The summed E-state index contributed by atoms with van der Waals surface area (Å²) in [4.78, 5) is 31.8. The standard InChI is InChI=1S/C33H58N4O5S/c1-5-18-37(19-6-2)33(40)28-21-25(7-3)20-27(23-28)32(39)34-30(22-26-14-10-8-11-15-26)31(38)24-36(4)35-43(41,42)29-16-12-9-13-17-29/h3,25-31,35,38H,5-6,8-24H2,1-2,4H3,(H,34,39). The maximum absolute atomic E-state index is 13.8. The summed E-state index contributed by atoms with van der Waals surface area (Å²) in [5, 5.41) is 15.6. The Morgan fingerprint density at radius 2 is 1.51 bits per heavy atom. The molecule has 5 unspecified atom stereocenters. The summed E-state index contributed by atoms with van der Waals surface area (Å²) in [5.74, 6) is 2.30. The normalized spacial score (nSPS) is 25.5. The first-order valence-corrected chi connectivity index (χ1v) is 18.6. The van der Waals surface area contributed by atoms with Crippen LogP contribution < -0.4 is 10.1 Å². The van der Waals surface area contributed by atoms with Crippen molar-refractivity contribution in [2.45, 2.75) is 134 Å². The Morgan fingerprint density at radius 3 is 2.09 bits per heavy atom. The Bertz CT molecular complexity index is 1010. The Labute approximate surface area is 261 Å². The van der Waals surface area contributed by atoms with Crippen LogP contribution in [0.3, 0.4) is 0 Å². The highest BCUT2D eigenvalue weighted by molar-refractivity contribution is 7.90. The second-order valence-electron chi connectivity index (χ2n) is 13.5. The molecule has 0 aliphatic heterocycles. The molecular formula is C33H58N4O5S. The zero-order valence-electron chi connectivity index (χ0n) is 26.9. The number of aliphatic hydroxyl groups excluding tert-OH is 1. The van der Waals surface area contributed by atoms with E-state index in [-0.39, 0.29) is 30.2 Å². The molecule has 0 aromatic carbocycles. The van der Waals surface area contributed by atoms with Crippen LogP contribution in [-0.2, 0) is 19.6 Å². The van der Waals surface area contributed by atoms with Crippen LogP contribution in [0.5, 0.6) is 0 Å². The molecule has 5 atom stereocenters. The van der Waals surface area contributed by atoms with Crippen molar-refractivity contribution in [3.63, 3.8) is 0 Å². The van der Waals surface area contributed by atoms with E-state index in [0.717, 1.165) is 57.8 Å². The number of nitrogens with one attached hydrogen (secondary N) is 2. The minimum Gasteiger partial charge on any atom is -0.390 e. The fraction of sp³-hybridized carbons (Fsp3) is 0.879. The first-order chi connectivity index (χ1) is 20.6. The van der Waals surface area contributed by atoms with Crippen LogP contribution in [0.1, 0.15) is 117 Å². The van der Waals surface area contributed by atoms with E-state index in [0.29, 0.717) is 57.5 Å². The summed E-state index contributed by atoms with van der Waals surface area (Å²) in [5.41, 5.74) is 0. The summed E-state index contributed by atoms with van der Waals surface area (Å²) in [7, 11) is -1.90. The molecule has 3 aliphatic carbocycles. The van der Waals surface area contributed by atoms with Crippen molar-refractivity contribution >= 4 is 21.8 Å². The van der Waals surface area contributed by atoms with Gasteiger partial charge in [0.1, 0.15) is 0 Å². The number of rotatable bonds is 15.